The van der Waals surface area contributed by atoms with Gasteiger partial charge in [0.2, 0.25) is 11.7 Å². The minimum atomic E-state index is -0.00348. The molecule has 19 heavy (non-hydrogen) atoms. The van der Waals surface area contributed by atoms with Gasteiger partial charge in [0.05, 0.1) is 11.6 Å². The highest BCUT2D eigenvalue weighted by Crippen LogP contribution is 2.30. The molecule has 102 valence electrons. The molecule has 1 fully saturated rings. The van der Waals surface area contributed by atoms with E-state index in [1.807, 2.05) is 13.8 Å². The maximum Gasteiger partial charge on any atom is 0.234 e. The maximum atomic E-state index is 5.57. The van der Waals surface area contributed by atoms with Crippen molar-refractivity contribution < 1.29 is 9.26 Å². The van der Waals surface area contributed by atoms with Crippen molar-refractivity contribution in [2.75, 3.05) is 6.61 Å². The maximum absolute atomic E-state index is 5.57. The Morgan fingerprint density at radius 1 is 1.37 bits per heavy atom. The van der Waals surface area contributed by atoms with E-state index in [0.717, 1.165) is 36.4 Å². The fourth-order valence-corrected chi connectivity index (χ4v) is 2.66. The number of hydrogen-bond donors (Lipinski definition) is 1. The topological polar surface area (TPSA) is 76.8 Å². The Kier molecular flexibility index (Phi) is 3.10. The highest BCUT2D eigenvalue weighted by Gasteiger charge is 2.26. The van der Waals surface area contributed by atoms with Gasteiger partial charge >= 0.3 is 0 Å². The molecule has 1 aliphatic heterocycles. The predicted octanol–water partition coefficient (Wildman–Crippen LogP) is 2.41. The molecule has 0 aromatic carbocycles. The SMILES string of the molecule is Cc1n[nH]c(C)c1C(C)c1nc(C2CCCO2)no1. The Bertz CT molecular complexity index is 549. The van der Waals surface area contributed by atoms with Crippen LogP contribution in [0, 0.1) is 13.8 Å². The van der Waals surface area contributed by atoms with E-state index in [1.165, 1.54) is 0 Å². The number of H-pyrrole nitrogens is 1. The lowest BCUT2D eigenvalue weighted by Crippen LogP contribution is -2.02. The molecule has 6 heteroatoms. The fourth-order valence-electron chi connectivity index (χ4n) is 2.66. The van der Waals surface area contributed by atoms with Crippen LogP contribution in [0.1, 0.15) is 60.5 Å². The molecular formula is C13H18N4O2. The summed E-state index contributed by atoms with van der Waals surface area (Å²) < 4.78 is 11.0. The summed E-state index contributed by atoms with van der Waals surface area (Å²) in [6, 6.07) is 0. The Morgan fingerprint density at radius 3 is 2.84 bits per heavy atom. The van der Waals surface area contributed by atoms with Gasteiger partial charge in [0.15, 0.2) is 0 Å². The van der Waals surface area contributed by atoms with Crippen LogP contribution in [0.25, 0.3) is 0 Å². The summed E-state index contributed by atoms with van der Waals surface area (Å²) in [5, 5.41) is 11.2. The number of rotatable bonds is 3. The molecule has 0 saturated carbocycles. The zero-order chi connectivity index (χ0) is 13.4. The molecule has 2 atom stereocenters. The lowest BCUT2D eigenvalue weighted by atomic mass is 9.99. The van der Waals surface area contributed by atoms with Crippen molar-refractivity contribution in [3.63, 3.8) is 0 Å². The number of aromatic amines is 1. The van der Waals surface area contributed by atoms with Crippen molar-refractivity contribution in [1.82, 2.24) is 20.3 Å². The highest BCUT2D eigenvalue weighted by molar-refractivity contribution is 5.30. The number of hydrogen-bond acceptors (Lipinski definition) is 5. The first-order chi connectivity index (χ1) is 9.16. The van der Waals surface area contributed by atoms with Gasteiger partial charge in [-0.05, 0) is 33.6 Å². The van der Waals surface area contributed by atoms with E-state index in [0.29, 0.717) is 11.7 Å². The van der Waals surface area contributed by atoms with Gasteiger partial charge in [-0.15, -0.1) is 0 Å². The molecule has 0 spiro atoms. The zero-order valence-electron chi connectivity index (χ0n) is 11.4. The number of aromatic nitrogens is 4. The van der Waals surface area contributed by atoms with Crippen molar-refractivity contribution in [1.29, 1.82) is 0 Å². The average molecular weight is 262 g/mol. The molecule has 3 rings (SSSR count). The third-order valence-electron chi connectivity index (χ3n) is 3.66. The van der Waals surface area contributed by atoms with E-state index in [9.17, 15) is 0 Å². The molecule has 0 bridgehead atoms. The van der Waals surface area contributed by atoms with Crippen LogP contribution in [0.2, 0.25) is 0 Å². The predicted molar refractivity (Wildman–Crippen MR) is 67.8 cm³/mol. The van der Waals surface area contributed by atoms with Crippen LogP contribution in [0.15, 0.2) is 4.52 Å². The van der Waals surface area contributed by atoms with Crippen molar-refractivity contribution in [2.45, 2.75) is 45.6 Å². The van der Waals surface area contributed by atoms with Gasteiger partial charge in [-0.1, -0.05) is 5.16 Å². The molecule has 0 radical (unpaired) electrons. The van der Waals surface area contributed by atoms with Gasteiger partial charge in [0.1, 0.15) is 6.10 Å². The van der Waals surface area contributed by atoms with Crippen molar-refractivity contribution >= 4 is 0 Å². The summed E-state index contributed by atoms with van der Waals surface area (Å²) in [6.07, 6.45) is 2.03. The van der Waals surface area contributed by atoms with E-state index < -0.39 is 0 Å². The normalized spacial score (nSPS) is 20.9. The Hall–Kier alpha value is -1.69. The second kappa shape index (κ2) is 4.77. The van der Waals surface area contributed by atoms with Gasteiger partial charge in [-0.25, -0.2) is 0 Å². The van der Waals surface area contributed by atoms with Gasteiger partial charge in [0, 0.05) is 17.9 Å². The second-order valence-corrected chi connectivity index (χ2v) is 5.06. The molecule has 2 aromatic rings. The van der Waals surface area contributed by atoms with Gasteiger partial charge < -0.3 is 9.26 Å². The second-order valence-electron chi connectivity index (χ2n) is 5.06. The third kappa shape index (κ3) is 2.16. The number of nitrogens with one attached hydrogen (secondary N) is 1. The summed E-state index contributed by atoms with van der Waals surface area (Å²) in [5.74, 6) is 1.33. The quantitative estimate of drug-likeness (QED) is 0.919. The molecular weight excluding hydrogens is 244 g/mol. The molecule has 0 aliphatic carbocycles. The molecule has 1 aliphatic rings. The molecule has 6 nitrogen and oxygen atoms in total. The molecule has 1 N–H and O–H groups in total. The van der Waals surface area contributed by atoms with Crippen LogP contribution in [-0.2, 0) is 4.74 Å². The number of ether oxygens (including phenoxy) is 1. The van der Waals surface area contributed by atoms with Gasteiger partial charge in [-0.3, -0.25) is 5.10 Å². The van der Waals surface area contributed by atoms with Crippen LogP contribution in [0.3, 0.4) is 0 Å². The first-order valence-electron chi connectivity index (χ1n) is 6.63. The number of nitrogens with zero attached hydrogens (tertiary/aromatic N) is 3. The number of aryl methyl sites for hydroxylation is 2. The summed E-state index contributed by atoms with van der Waals surface area (Å²) in [6.45, 7) is 6.82. The van der Waals surface area contributed by atoms with Gasteiger partial charge in [0.25, 0.3) is 0 Å². The van der Waals surface area contributed by atoms with E-state index in [4.69, 9.17) is 9.26 Å². The van der Waals surface area contributed by atoms with Crippen molar-refractivity contribution in [3.8, 4) is 0 Å². The van der Waals surface area contributed by atoms with Crippen LogP contribution in [0.5, 0.6) is 0 Å². The molecule has 0 amide bonds. The summed E-state index contributed by atoms with van der Waals surface area (Å²) in [4.78, 5) is 4.49. The molecule has 2 aromatic heterocycles. The lowest BCUT2D eigenvalue weighted by molar-refractivity contribution is 0.103. The molecule has 2 unspecified atom stereocenters. The largest absolute Gasteiger partial charge is 0.370 e. The third-order valence-corrected chi connectivity index (χ3v) is 3.66. The Morgan fingerprint density at radius 2 is 2.21 bits per heavy atom. The van der Waals surface area contributed by atoms with Crippen LogP contribution in [0.4, 0.5) is 0 Å². The van der Waals surface area contributed by atoms with E-state index in [2.05, 4.69) is 27.3 Å². The first kappa shape index (κ1) is 12.3. The van der Waals surface area contributed by atoms with E-state index in [-0.39, 0.29) is 12.0 Å². The van der Waals surface area contributed by atoms with E-state index >= 15 is 0 Å². The van der Waals surface area contributed by atoms with E-state index in [1.54, 1.807) is 0 Å². The van der Waals surface area contributed by atoms with Crippen LogP contribution in [-0.4, -0.2) is 26.9 Å². The highest BCUT2D eigenvalue weighted by atomic mass is 16.5. The van der Waals surface area contributed by atoms with Crippen LogP contribution < -0.4 is 0 Å². The smallest absolute Gasteiger partial charge is 0.234 e. The first-order valence-corrected chi connectivity index (χ1v) is 6.63. The van der Waals surface area contributed by atoms with Crippen LogP contribution >= 0.6 is 0 Å². The Balaban J connectivity index is 1.86. The van der Waals surface area contributed by atoms with Crippen molar-refractivity contribution in [3.05, 3.63) is 28.7 Å². The standard InChI is InChI=1S/C13H18N4O2/c1-7(11-8(2)15-16-9(11)3)13-14-12(17-19-13)10-5-4-6-18-10/h7,10H,4-6H2,1-3H3,(H,15,16). The minimum absolute atomic E-state index is 0.00348. The summed E-state index contributed by atoms with van der Waals surface area (Å²) in [7, 11) is 0. The summed E-state index contributed by atoms with van der Waals surface area (Å²) >= 11 is 0. The van der Waals surface area contributed by atoms with Gasteiger partial charge in [-0.2, -0.15) is 10.1 Å². The molecule has 3 heterocycles. The average Bonchev–Trinajstić information content (AvgIpc) is 3.09. The van der Waals surface area contributed by atoms with Crippen molar-refractivity contribution in [2.24, 2.45) is 0 Å². The Labute approximate surface area is 111 Å². The molecule has 1 saturated heterocycles. The minimum Gasteiger partial charge on any atom is -0.370 e. The lowest BCUT2D eigenvalue weighted by Gasteiger charge is -2.06. The fraction of sp³-hybridized carbons (Fsp3) is 0.615. The monoisotopic (exact) mass is 262 g/mol. The summed E-state index contributed by atoms with van der Waals surface area (Å²) in [5.41, 5.74) is 3.14. The zero-order valence-corrected chi connectivity index (χ0v) is 11.4.